The van der Waals surface area contributed by atoms with Gasteiger partial charge in [-0.1, -0.05) is 31.2 Å². The lowest BCUT2D eigenvalue weighted by Gasteiger charge is -2.37. The number of hydrogen-bond donors (Lipinski definition) is 0. The molecule has 1 atom stereocenters. The van der Waals surface area contributed by atoms with Gasteiger partial charge in [-0.3, -0.25) is 4.90 Å². The summed E-state index contributed by atoms with van der Waals surface area (Å²) in [5, 5.41) is 0. The zero-order valence-corrected chi connectivity index (χ0v) is 12.6. The molecule has 0 bridgehead atoms. The molecule has 0 aromatic heterocycles. The largest absolute Gasteiger partial charge is 0.296 e. The molecule has 0 amide bonds. The summed E-state index contributed by atoms with van der Waals surface area (Å²) in [7, 11) is -2.84. The van der Waals surface area contributed by atoms with Gasteiger partial charge in [-0.2, -0.15) is 0 Å². The quantitative estimate of drug-likeness (QED) is 0.832. The molecule has 1 aromatic rings. The Bertz CT molecular complexity index is 525. The van der Waals surface area contributed by atoms with Crippen LogP contribution in [0.4, 0.5) is 0 Å². The molecule has 0 fully saturated rings. The van der Waals surface area contributed by atoms with Crippen molar-refractivity contribution >= 4 is 9.84 Å². The topological polar surface area (TPSA) is 37.4 Å². The van der Waals surface area contributed by atoms with Gasteiger partial charge in [0.1, 0.15) is 9.84 Å². The molecule has 0 unspecified atom stereocenters. The molecule has 0 radical (unpaired) electrons. The molecular formula is C15H23NO2S. The molecule has 0 saturated carbocycles. The minimum Gasteiger partial charge on any atom is -0.296 e. The summed E-state index contributed by atoms with van der Waals surface area (Å²) in [6, 6.07) is 9.08. The average molecular weight is 281 g/mol. The van der Waals surface area contributed by atoms with Crippen molar-refractivity contribution in [1.82, 2.24) is 4.90 Å². The fourth-order valence-electron chi connectivity index (χ4n) is 2.98. The molecule has 2 rings (SSSR count). The highest BCUT2D eigenvalue weighted by atomic mass is 32.2. The van der Waals surface area contributed by atoms with Crippen LogP contribution in [0.2, 0.25) is 0 Å². The molecular weight excluding hydrogens is 258 g/mol. The Morgan fingerprint density at radius 2 is 2.05 bits per heavy atom. The maximum absolute atomic E-state index is 11.2. The Hall–Kier alpha value is -0.870. The van der Waals surface area contributed by atoms with E-state index in [4.69, 9.17) is 0 Å². The van der Waals surface area contributed by atoms with E-state index in [1.165, 1.54) is 17.4 Å². The van der Waals surface area contributed by atoms with Crippen molar-refractivity contribution in [2.24, 2.45) is 0 Å². The van der Waals surface area contributed by atoms with Gasteiger partial charge in [0.2, 0.25) is 0 Å². The van der Waals surface area contributed by atoms with Crippen LogP contribution in [-0.4, -0.2) is 38.4 Å². The second-order valence-corrected chi connectivity index (χ2v) is 7.65. The van der Waals surface area contributed by atoms with Gasteiger partial charge in [-0.15, -0.1) is 0 Å². The van der Waals surface area contributed by atoms with Gasteiger partial charge in [-0.25, -0.2) is 8.42 Å². The standard InChI is InChI=1S/C15H23NO2S/c1-3-15-14-8-5-4-7-13(14)9-11-16(15)10-6-12-19(2,17)18/h4-5,7-8,15H,3,6,9-12H2,1-2H3/t15-/m1/s1. The first-order valence-corrected chi connectivity index (χ1v) is 9.07. The van der Waals surface area contributed by atoms with E-state index in [2.05, 4.69) is 36.1 Å². The molecule has 0 spiro atoms. The third-order valence-electron chi connectivity index (χ3n) is 3.87. The van der Waals surface area contributed by atoms with E-state index in [0.717, 1.165) is 32.4 Å². The highest BCUT2D eigenvalue weighted by molar-refractivity contribution is 7.90. The van der Waals surface area contributed by atoms with E-state index < -0.39 is 9.84 Å². The summed E-state index contributed by atoms with van der Waals surface area (Å²) in [5.74, 6) is 0.293. The minimum atomic E-state index is -2.84. The molecule has 4 heteroatoms. The lowest BCUT2D eigenvalue weighted by Crippen LogP contribution is -2.36. The van der Waals surface area contributed by atoms with Crippen LogP contribution in [0.1, 0.15) is 36.9 Å². The van der Waals surface area contributed by atoms with E-state index in [1.54, 1.807) is 0 Å². The first-order valence-electron chi connectivity index (χ1n) is 7.01. The van der Waals surface area contributed by atoms with Gasteiger partial charge in [0, 0.05) is 18.8 Å². The summed E-state index contributed by atoms with van der Waals surface area (Å²) >= 11 is 0. The maximum atomic E-state index is 11.2. The van der Waals surface area contributed by atoms with Crippen LogP contribution in [0.25, 0.3) is 0 Å². The van der Waals surface area contributed by atoms with Crippen LogP contribution in [0.3, 0.4) is 0 Å². The molecule has 106 valence electrons. The summed E-state index contributed by atoms with van der Waals surface area (Å²) in [4.78, 5) is 2.44. The Kier molecular flexibility index (Phi) is 4.63. The average Bonchev–Trinajstić information content (AvgIpc) is 2.37. The monoisotopic (exact) mass is 281 g/mol. The van der Waals surface area contributed by atoms with Crippen LogP contribution in [0.5, 0.6) is 0 Å². The number of rotatable bonds is 5. The van der Waals surface area contributed by atoms with Crippen molar-refractivity contribution < 1.29 is 8.42 Å². The minimum absolute atomic E-state index is 0.293. The third kappa shape index (κ3) is 3.80. The second kappa shape index (κ2) is 6.06. The Morgan fingerprint density at radius 3 is 2.74 bits per heavy atom. The lowest BCUT2D eigenvalue weighted by molar-refractivity contribution is 0.181. The van der Waals surface area contributed by atoms with E-state index in [0.29, 0.717) is 11.8 Å². The maximum Gasteiger partial charge on any atom is 0.147 e. The predicted molar refractivity (Wildman–Crippen MR) is 79.1 cm³/mol. The van der Waals surface area contributed by atoms with Crippen LogP contribution < -0.4 is 0 Å². The number of hydrogen-bond acceptors (Lipinski definition) is 3. The molecule has 3 nitrogen and oxygen atoms in total. The van der Waals surface area contributed by atoms with Gasteiger partial charge < -0.3 is 0 Å². The Morgan fingerprint density at radius 1 is 1.32 bits per heavy atom. The van der Waals surface area contributed by atoms with Crippen LogP contribution in [0, 0.1) is 0 Å². The van der Waals surface area contributed by atoms with Gasteiger partial charge in [0.25, 0.3) is 0 Å². The third-order valence-corrected chi connectivity index (χ3v) is 4.90. The van der Waals surface area contributed by atoms with Crippen LogP contribution >= 0.6 is 0 Å². The summed E-state index contributed by atoms with van der Waals surface area (Å²) in [6.07, 6.45) is 4.20. The first kappa shape index (κ1) is 14.5. The predicted octanol–water partition coefficient (Wildman–Crippen LogP) is 2.43. The van der Waals surface area contributed by atoms with Gasteiger partial charge in [0.15, 0.2) is 0 Å². The lowest BCUT2D eigenvalue weighted by atomic mass is 9.91. The van der Waals surface area contributed by atoms with E-state index >= 15 is 0 Å². The van der Waals surface area contributed by atoms with E-state index in [-0.39, 0.29) is 0 Å². The second-order valence-electron chi connectivity index (χ2n) is 5.39. The van der Waals surface area contributed by atoms with Crippen LogP contribution in [-0.2, 0) is 16.3 Å². The first-order chi connectivity index (χ1) is 9.01. The molecule has 19 heavy (non-hydrogen) atoms. The number of fused-ring (bicyclic) bond motifs is 1. The van der Waals surface area contributed by atoms with Crippen molar-refractivity contribution in [3.05, 3.63) is 35.4 Å². The fourth-order valence-corrected chi connectivity index (χ4v) is 3.63. The van der Waals surface area contributed by atoms with Gasteiger partial charge in [0.05, 0.1) is 5.75 Å². The number of benzene rings is 1. The Balaban J connectivity index is 2.03. The van der Waals surface area contributed by atoms with Crippen molar-refractivity contribution in [3.63, 3.8) is 0 Å². The van der Waals surface area contributed by atoms with E-state index in [9.17, 15) is 8.42 Å². The summed E-state index contributed by atoms with van der Waals surface area (Å²) in [6.45, 7) is 4.12. The molecule has 0 saturated heterocycles. The SMILES string of the molecule is CC[C@@H]1c2ccccc2CCN1CCCS(C)(=O)=O. The zero-order chi connectivity index (χ0) is 13.9. The Labute approximate surface area is 116 Å². The normalized spacial score (nSPS) is 20.2. The zero-order valence-electron chi connectivity index (χ0n) is 11.8. The van der Waals surface area contributed by atoms with Gasteiger partial charge in [-0.05, 0) is 36.9 Å². The summed E-state index contributed by atoms with van der Waals surface area (Å²) in [5.41, 5.74) is 2.88. The molecule has 1 aromatic carbocycles. The molecule has 1 heterocycles. The van der Waals surface area contributed by atoms with Crippen molar-refractivity contribution in [1.29, 1.82) is 0 Å². The highest BCUT2D eigenvalue weighted by Crippen LogP contribution is 2.31. The summed E-state index contributed by atoms with van der Waals surface area (Å²) < 4.78 is 22.4. The van der Waals surface area contributed by atoms with Crippen LogP contribution in [0.15, 0.2) is 24.3 Å². The molecule has 0 aliphatic carbocycles. The molecule has 1 aliphatic heterocycles. The molecule has 1 aliphatic rings. The fraction of sp³-hybridized carbons (Fsp3) is 0.600. The highest BCUT2D eigenvalue weighted by Gasteiger charge is 2.25. The smallest absolute Gasteiger partial charge is 0.147 e. The molecule has 0 N–H and O–H groups in total. The van der Waals surface area contributed by atoms with Crippen molar-refractivity contribution in [2.45, 2.75) is 32.2 Å². The van der Waals surface area contributed by atoms with Gasteiger partial charge >= 0.3 is 0 Å². The van der Waals surface area contributed by atoms with E-state index in [1.807, 2.05) is 0 Å². The number of nitrogens with zero attached hydrogens (tertiary/aromatic N) is 1. The van der Waals surface area contributed by atoms with Crippen molar-refractivity contribution in [3.8, 4) is 0 Å². The van der Waals surface area contributed by atoms with Crippen molar-refractivity contribution in [2.75, 3.05) is 25.1 Å². The number of sulfone groups is 1.